The van der Waals surface area contributed by atoms with Gasteiger partial charge in [0.1, 0.15) is 6.54 Å². The van der Waals surface area contributed by atoms with E-state index in [0.717, 1.165) is 0 Å². The van der Waals surface area contributed by atoms with Gasteiger partial charge in [0.25, 0.3) is 0 Å². The Hall–Kier alpha value is -1.59. The second-order valence-corrected chi connectivity index (χ2v) is 3.70. The lowest BCUT2D eigenvalue weighted by molar-refractivity contribution is -0.143. The summed E-state index contributed by atoms with van der Waals surface area (Å²) in [7, 11) is 1.65. The Morgan fingerprint density at radius 2 is 2.25 bits per heavy atom. The van der Waals surface area contributed by atoms with Crippen LogP contribution in [0.25, 0.3) is 0 Å². The topological polar surface area (TPSA) is 75.7 Å². The van der Waals surface area contributed by atoms with E-state index in [2.05, 4.69) is 10.1 Å². The smallest absolute Gasteiger partial charge is 0.325 e. The Labute approximate surface area is 93.9 Å². The fraction of sp³-hybridized carbons (Fsp3) is 0.700. The minimum atomic E-state index is -0.464. The van der Waals surface area contributed by atoms with Crippen molar-refractivity contribution in [3.8, 4) is 0 Å². The Morgan fingerprint density at radius 1 is 1.56 bits per heavy atom. The number of likely N-dealkylation sites (tertiary alicyclic amines) is 1. The minimum absolute atomic E-state index is 0.0451. The fourth-order valence-electron chi connectivity index (χ4n) is 1.55. The van der Waals surface area contributed by atoms with Crippen LogP contribution < -0.4 is 5.32 Å². The molecule has 1 aliphatic heterocycles. The summed E-state index contributed by atoms with van der Waals surface area (Å²) < 4.78 is 4.67. The minimum Gasteiger partial charge on any atom is -0.465 e. The molecule has 6 nitrogen and oxygen atoms in total. The standard InChI is InChI=1S/C10H16N2O4/c1-3-16-9(14)5-11-10(15)7-4-8(13)12(2)6-7/h7H,3-6H2,1-2H3,(H,11,15). The zero-order valence-electron chi connectivity index (χ0n) is 9.49. The molecule has 0 aromatic heterocycles. The normalized spacial score (nSPS) is 19.8. The lowest BCUT2D eigenvalue weighted by atomic mass is 10.1. The van der Waals surface area contributed by atoms with Crippen LogP contribution in [0.5, 0.6) is 0 Å². The third-order valence-electron chi connectivity index (χ3n) is 2.42. The van der Waals surface area contributed by atoms with Crippen molar-refractivity contribution < 1.29 is 19.1 Å². The number of amides is 2. The van der Waals surface area contributed by atoms with Crippen LogP contribution in [-0.4, -0.2) is 49.4 Å². The molecule has 1 aliphatic rings. The molecule has 1 fully saturated rings. The van der Waals surface area contributed by atoms with Crippen molar-refractivity contribution in [2.24, 2.45) is 5.92 Å². The molecule has 1 saturated heterocycles. The van der Waals surface area contributed by atoms with Gasteiger partial charge in [0.15, 0.2) is 0 Å². The molecule has 1 N–H and O–H groups in total. The number of carbonyl (C=O) groups excluding carboxylic acids is 3. The van der Waals surface area contributed by atoms with E-state index in [0.29, 0.717) is 13.2 Å². The molecule has 0 aromatic carbocycles. The molecule has 1 heterocycles. The molecule has 90 valence electrons. The van der Waals surface area contributed by atoms with Crippen LogP contribution >= 0.6 is 0 Å². The van der Waals surface area contributed by atoms with Crippen LogP contribution in [-0.2, 0) is 19.1 Å². The van der Waals surface area contributed by atoms with Crippen molar-refractivity contribution in [1.29, 1.82) is 0 Å². The van der Waals surface area contributed by atoms with Gasteiger partial charge in [-0.15, -0.1) is 0 Å². The second-order valence-electron chi connectivity index (χ2n) is 3.70. The molecule has 0 aromatic rings. The second kappa shape index (κ2) is 5.48. The van der Waals surface area contributed by atoms with Crippen LogP contribution in [0.2, 0.25) is 0 Å². The summed E-state index contributed by atoms with van der Waals surface area (Å²) in [6.07, 6.45) is 0.213. The first-order valence-electron chi connectivity index (χ1n) is 5.22. The van der Waals surface area contributed by atoms with Crippen molar-refractivity contribution in [2.45, 2.75) is 13.3 Å². The van der Waals surface area contributed by atoms with Gasteiger partial charge in [-0.25, -0.2) is 0 Å². The maximum Gasteiger partial charge on any atom is 0.325 e. The predicted molar refractivity (Wildman–Crippen MR) is 55.4 cm³/mol. The van der Waals surface area contributed by atoms with Gasteiger partial charge in [-0.1, -0.05) is 0 Å². The highest BCUT2D eigenvalue weighted by Gasteiger charge is 2.32. The zero-order valence-corrected chi connectivity index (χ0v) is 9.49. The van der Waals surface area contributed by atoms with Gasteiger partial charge in [-0.3, -0.25) is 14.4 Å². The number of nitrogens with one attached hydrogen (secondary N) is 1. The molecule has 2 amide bonds. The average Bonchev–Trinajstić information content (AvgIpc) is 2.56. The summed E-state index contributed by atoms with van der Waals surface area (Å²) in [6, 6.07) is 0. The summed E-state index contributed by atoms with van der Waals surface area (Å²) in [5, 5.41) is 2.46. The number of ether oxygens (including phenoxy) is 1. The van der Waals surface area contributed by atoms with E-state index in [1.807, 2.05) is 0 Å². The number of nitrogens with zero attached hydrogens (tertiary/aromatic N) is 1. The van der Waals surface area contributed by atoms with Gasteiger partial charge >= 0.3 is 5.97 Å². The molecular formula is C10H16N2O4. The Morgan fingerprint density at radius 3 is 2.75 bits per heavy atom. The van der Waals surface area contributed by atoms with Crippen molar-refractivity contribution in [3.63, 3.8) is 0 Å². The van der Waals surface area contributed by atoms with Crippen molar-refractivity contribution in [1.82, 2.24) is 10.2 Å². The Bertz CT molecular complexity index is 303. The Kier molecular flexibility index (Phi) is 4.28. The molecule has 0 radical (unpaired) electrons. The van der Waals surface area contributed by atoms with Crippen molar-refractivity contribution >= 4 is 17.8 Å². The highest BCUT2D eigenvalue weighted by molar-refractivity contribution is 5.90. The van der Waals surface area contributed by atoms with E-state index in [4.69, 9.17) is 0 Å². The fourth-order valence-corrected chi connectivity index (χ4v) is 1.55. The number of esters is 1. The van der Waals surface area contributed by atoms with Crippen LogP contribution in [0.15, 0.2) is 0 Å². The predicted octanol–water partition coefficient (Wildman–Crippen LogP) is -0.856. The molecule has 0 bridgehead atoms. The summed E-state index contributed by atoms with van der Waals surface area (Å²) in [5.74, 6) is -1.14. The van der Waals surface area contributed by atoms with E-state index in [9.17, 15) is 14.4 Å². The van der Waals surface area contributed by atoms with Gasteiger partial charge in [-0.05, 0) is 6.92 Å². The SMILES string of the molecule is CCOC(=O)CNC(=O)C1CC(=O)N(C)C1. The molecule has 1 unspecified atom stereocenters. The monoisotopic (exact) mass is 228 g/mol. The van der Waals surface area contributed by atoms with E-state index in [1.54, 1.807) is 14.0 Å². The van der Waals surface area contributed by atoms with Crippen molar-refractivity contribution in [3.05, 3.63) is 0 Å². The maximum atomic E-state index is 11.5. The van der Waals surface area contributed by atoms with E-state index >= 15 is 0 Å². The lowest BCUT2D eigenvalue weighted by Gasteiger charge is -2.10. The summed E-state index contributed by atoms with van der Waals surface area (Å²) in [4.78, 5) is 35.2. The zero-order chi connectivity index (χ0) is 12.1. The van der Waals surface area contributed by atoms with Gasteiger partial charge in [-0.2, -0.15) is 0 Å². The van der Waals surface area contributed by atoms with Gasteiger partial charge in [0, 0.05) is 20.0 Å². The maximum absolute atomic E-state index is 11.5. The van der Waals surface area contributed by atoms with Crippen molar-refractivity contribution in [2.75, 3.05) is 26.7 Å². The molecule has 0 saturated carbocycles. The van der Waals surface area contributed by atoms with E-state index in [-0.39, 0.29) is 30.7 Å². The first-order valence-corrected chi connectivity index (χ1v) is 5.22. The van der Waals surface area contributed by atoms with Crippen LogP contribution in [0.1, 0.15) is 13.3 Å². The van der Waals surface area contributed by atoms with Gasteiger partial charge < -0.3 is 15.0 Å². The van der Waals surface area contributed by atoms with E-state index in [1.165, 1.54) is 4.90 Å². The Balaban J connectivity index is 2.31. The number of hydrogen-bond acceptors (Lipinski definition) is 4. The van der Waals surface area contributed by atoms with Gasteiger partial charge in [0.2, 0.25) is 11.8 Å². The number of carbonyl (C=O) groups is 3. The molecule has 1 atom stereocenters. The highest BCUT2D eigenvalue weighted by atomic mass is 16.5. The molecule has 0 aliphatic carbocycles. The van der Waals surface area contributed by atoms with Crippen LogP contribution in [0.3, 0.4) is 0 Å². The lowest BCUT2D eigenvalue weighted by Crippen LogP contribution is -2.36. The number of hydrogen-bond donors (Lipinski definition) is 1. The quantitative estimate of drug-likeness (QED) is 0.635. The molecule has 6 heteroatoms. The average molecular weight is 228 g/mol. The third-order valence-corrected chi connectivity index (χ3v) is 2.42. The number of rotatable bonds is 4. The molecule has 1 rings (SSSR count). The highest BCUT2D eigenvalue weighted by Crippen LogP contribution is 2.15. The largest absolute Gasteiger partial charge is 0.465 e. The van der Waals surface area contributed by atoms with E-state index < -0.39 is 5.97 Å². The molecule has 16 heavy (non-hydrogen) atoms. The van der Waals surface area contributed by atoms with Gasteiger partial charge in [0.05, 0.1) is 12.5 Å². The first-order chi connectivity index (χ1) is 7.54. The van der Waals surface area contributed by atoms with Crippen LogP contribution in [0, 0.1) is 5.92 Å². The molecule has 0 spiro atoms. The third kappa shape index (κ3) is 3.22. The summed E-state index contributed by atoms with van der Waals surface area (Å²) >= 11 is 0. The molecular weight excluding hydrogens is 212 g/mol. The van der Waals surface area contributed by atoms with Crippen LogP contribution in [0.4, 0.5) is 0 Å². The summed E-state index contributed by atoms with van der Waals surface area (Å²) in [6.45, 7) is 2.26. The summed E-state index contributed by atoms with van der Waals surface area (Å²) in [5.41, 5.74) is 0. The first kappa shape index (κ1) is 12.5.